The van der Waals surface area contributed by atoms with Crippen molar-refractivity contribution in [1.82, 2.24) is 5.32 Å². The van der Waals surface area contributed by atoms with E-state index in [1.165, 1.54) is 12.1 Å². The average molecular weight is 226 g/mol. The monoisotopic (exact) mass is 226 g/mol. The number of aliphatic hydroxyl groups is 1. The lowest BCUT2D eigenvalue weighted by Crippen LogP contribution is -2.32. The van der Waals surface area contributed by atoms with Crippen molar-refractivity contribution in [2.75, 3.05) is 18.4 Å². The highest BCUT2D eigenvalue weighted by atomic mass is 19.1. The molecule has 0 aliphatic rings. The van der Waals surface area contributed by atoms with Crippen LogP contribution in [0, 0.1) is 5.82 Å². The van der Waals surface area contributed by atoms with Crippen LogP contribution in [0.5, 0.6) is 0 Å². The molecular weight excluding hydrogens is 211 g/mol. The maximum atomic E-state index is 13.1. The summed E-state index contributed by atoms with van der Waals surface area (Å²) < 4.78 is 13.1. The Kier molecular flexibility index (Phi) is 4.88. The highest BCUT2D eigenvalue weighted by Crippen LogP contribution is 2.11. The molecule has 0 aliphatic carbocycles. The van der Waals surface area contributed by atoms with Crippen LogP contribution in [0.2, 0.25) is 0 Å². The van der Waals surface area contributed by atoms with Crippen molar-refractivity contribution in [3.63, 3.8) is 0 Å². The number of halogens is 1. The number of benzene rings is 1. The van der Waals surface area contributed by atoms with E-state index in [0.717, 1.165) is 0 Å². The number of rotatable bonds is 5. The van der Waals surface area contributed by atoms with Crippen molar-refractivity contribution >= 4 is 11.6 Å². The van der Waals surface area contributed by atoms with Crippen LogP contribution in [0.3, 0.4) is 0 Å². The van der Waals surface area contributed by atoms with Crippen LogP contribution in [-0.2, 0) is 4.79 Å². The first kappa shape index (κ1) is 12.6. The van der Waals surface area contributed by atoms with E-state index >= 15 is 0 Å². The zero-order valence-corrected chi connectivity index (χ0v) is 9.03. The third-order valence-electron chi connectivity index (χ3n) is 1.87. The largest absolute Gasteiger partial charge is 0.392 e. The molecule has 1 rings (SSSR count). The van der Waals surface area contributed by atoms with Gasteiger partial charge in [-0.25, -0.2) is 4.39 Å². The zero-order chi connectivity index (χ0) is 12.0. The Labute approximate surface area is 93.5 Å². The second-order valence-corrected chi connectivity index (χ2v) is 3.51. The van der Waals surface area contributed by atoms with E-state index in [4.69, 9.17) is 5.11 Å². The Morgan fingerprint density at radius 1 is 1.50 bits per heavy atom. The molecule has 1 atom stereocenters. The van der Waals surface area contributed by atoms with Crippen molar-refractivity contribution in [3.05, 3.63) is 30.1 Å². The number of hydrogen-bond donors (Lipinski definition) is 3. The summed E-state index contributed by atoms with van der Waals surface area (Å²) in [4.78, 5) is 11.3. The molecule has 0 radical (unpaired) electrons. The van der Waals surface area contributed by atoms with Gasteiger partial charge in [0.15, 0.2) is 0 Å². The SMILES string of the molecule is CC(O)CNCC(=O)Nc1ccccc1F. The number of amides is 1. The van der Waals surface area contributed by atoms with E-state index in [1.54, 1.807) is 19.1 Å². The number of carbonyl (C=O) groups excluding carboxylic acids is 1. The van der Waals surface area contributed by atoms with Crippen molar-refractivity contribution in [2.24, 2.45) is 0 Å². The first-order valence-electron chi connectivity index (χ1n) is 5.02. The molecule has 0 aromatic heterocycles. The summed E-state index contributed by atoms with van der Waals surface area (Å²) in [6, 6.07) is 5.96. The van der Waals surface area contributed by atoms with Crippen molar-refractivity contribution in [2.45, 2.75) is 13.0 Å². The highest BCUT2D eigenvalue weighted by molar-refractivity contribution is 5.92. The van der Waals surface area contributed by atoms with Gasteiger partial charge >= 0.3 is 0 Å². The fourth-order valence-corrected chi connectivity index (χ4v) is 1.15. The van der Waals surface area contributed by atoms with E-state index in [-0.39, 0.29) is 18.1 Å². The summed E-state index contributed by atoms with van der Waals surface area (Å²) in [6.07, 6.45) is -0.513. The predicted octanol–water partition coefficient (Wildman–Crippen LogP) is 0.735. The molecule has 0 bridgehead atoms. The number of carbonyl (C=O) groups is 1. The number of nitrogens with one attached hydrogen (secondary N) is 2. The van der Waals surface area contributed by atoms with Gasteiger partial charge in [0.05, 0.1) is 18.3 Å². The minimum absolute atomic E-state index is 0.0409. The molecule has 1 unspecified atom stereocenters. The normalized spacial score (nSPS) is 12.2. The van der Waals surface area contributed by atoms with Crippen LogP contribution >= 0.6 is 0 Å². The van der Waals surface area contributed by atoms with Crippen molar-refractivity contribution < 1.29 is 14.3 Å². The summed E-state index contributed by atoms with van der Waals surface area (Å²) in [5.41, 5.74) is 0.159. The Hall–Kier alpha value is -1.46. The molecule has 0 heterocycles. The molecule has 0 saturated carbocycles. The Balaban J connectivity index is 2.37. The molecule has 16 heavy (non-hydrogen) atoms. The lowest BCUT2D eigenvalue weighted by molar-refractivity contribution is -0.115. The van der Waals surface area contributed by atoms with Gasteiger partial charge in [-0.05, 0) is 19.1 Å². The molecule has 0 spiro atoms. The van der Waals surface area contributed by atoms with Crippen LogP contribution in [0.15, 0.2) is 24.3 Å². The fraction of sp³-hybridized carbons (Fsp3) is 0.364. The lowest BCUT2D eigenvalue weighted by Gasteiger charge is -2.08. The predicted molar refractivity (Wildman–Crippen MR) is 59.6 cm³/mol. The maximum absolute atomic E-state index is 13.1. The van der Waals surface area contributed by atoms with Crippen LogP contribution in [-0.4, -0.2) is 30.2 Å². The number of para-hydroxylation sites is 1. The van der Waals surface area contributed by atoms with E-state index in [1.807, 2.05) is 0 Å². The van der Waals surface area contributed by atoms with Crippen LogP contribution < -0.4 is 10.6 Å². The molecule has 1 aromatic rings. The molecule has 3 N–H and O–H groups in total. The standard InChI is InChI=1S/C11H15FN2O2/c1-8(15)6-13-7-11(16)14-10-5-3-2-4-9(10)12/h2-5,8,13,15H,6-7H2,1H3,(H,14,16). The number of aliphatic hydroxyl groups excluding tert-OH is 1. The highest BCUT2D eigenvalue weighted by Gasteiger charge is 2.05. The van der Waals surface area contributed by atoms with Gasteiger partial charge in [-0.3, -0.25) is 4.79 Å². The molecule has 0 aliphatic heterocycles. The van der Waals surface area contributed by atoms with E-state index in [0.29, 0.717) is 6.54 Å². The van der Waals surface area contributed by atoms with Gasteiger partial charge in [-0.2, -0.15) is 0 Å². The molecule has 5 heteroatoms. The number of anilines is 1. The smallest absolute Gasteiger partial charge is 0.238 e. The van der Waals surface area contributed by atoms with Crippen molar-refractivity contribution in [3.8, 4) is 0 Å². The molecule has 1 aromatic carbocycles. The van der Waals surface area contributed by atoms with Gasteiger partial charge in [0.1, 0.15) is 5.82 Å². The Morgan fingerprint density at radius 3 is 2.81 bits per heavy atom. The minimum Gasteiger partial charge on any atom is -0.392 e. The van der Waals surface area contributed by atoms with E-state index in [9.17, 15) is 9.18 Å². The maximum Gasteiger partial charge on any atom is 0.238 e. The Morgan fingerprint density at radius 2 is 2.19 bits per heavy atom. The van der Waals surface area contributed by atoms with Crippen molar-refractivity contribution in [1.29, 1.82) is 0 Å². The van der Waals surface area contributed by atoms with Gasteiger partial charge in [0, 0.05) is 6.54 Å². The lowest BCUT2D eigenvalue weighted by atomic mass is 10.3. The van der Waals surface area contributed by atoms with Gasteiger partial charge < -0.3 is 15.7 Å². The average Bonchev–Trinajstić information content (AvgIpc) is 2.21. The number of hydrogen-bond acceptors (Lipinski definition) is 3. The fourth-order valence-electron chi connectivity index (χ4n) is 1.15. The molecule has 1 amide bonds. The van der Waals surface area contributed by atoms with Crippen LogP contribution in [0.25, 0.3) is 0 Å². The first-order chi connectivity index (χ1) is 7.59. The molecule has 88 valence electrons. The third kappa shape index (κ3) is 4.37. The first-order valence-corrected chi connectivity index (χ1v) is 5.02. The van der Waals surface area contributed by atoms with Gasteiger partial charge in [0.25, 0.3) is 0 Å². The molecular formula is C11H15FN2O2. The van der Waals surface area contributed by atoms with Crippen LogP contribution in [0.4, 0.5) is 10.1 Å². The summed E-state index contributed by atoms with van der Waals surface area (Å²) in [5, 5.41) is 14.1. The molecule has 0 saturated heterocycles. The quantitative estimate of drug-likeness (QED) is 0.693. The van der Waals surface area contributed by atoms with Gasteiger partial charge in [-0.15, -0.1) is 0 Å². The van der Waals surface area contributed by atoms with E-state index in [2.05, 4.69) is 10.6 Å². The van der Waals surface area contributed by atoms with E-state index < -0.39 is 11.9 Å². The summed E-state index contributed by atoms with van der Waals surface area (Å²) >= 11 is 0. The summed E-state index contributed by atoms with van der Waals surface area (Å²) in [6.45, 7) is 1.98. The summed E-state index contributed by atoms with van der Waals surface area (Å²) in [7, 11) is 0. The topological polar surface area (TPSA) is 61.4 Å². The molecule has 0 fully saturated rings. The zero-order valence-electron chi connectivity index (χ0n) is 9.03. The van der Waals surface area contributed by atoms with Gasteiger partial charge in [0.2, 0.25) is 5.91 Å². The van der Waals surface area contributed by atoms with Crippen LogP contribution in [0.1, 0.15) is 6.92 Å². The second kappa shape index (κ2) is 6.19. The van der Waals surface area contributed by atoms with Gasteiger partial charge in [-0.1, -0.05) is 12.1 Å². The second-order valence-electron chi connectivity index (χ2n) is 3.51. The third-order valence-corrected chi connectivity index (χ3v) is 1.87. The molecule has 4 nitrogen and oxygen atoms in total. The summed E-state index contributed by atoms with van der Waals surface area (Å²) in [5.74, 6) is -0.808. The Bertz CT molecular complexity index is 356. The minimum atomic E-state index is -0.513.